The summed E-state index contributed by atoms with van der Waals surface area (Å²) in [5.74, 6) is 2.26. The molecule has 1 saturated heterocycles. The molecule has 4 nitrogen and oxygen atoms in total. The SMILES string of the molecule is CC(C)c1ncn(CCC2CCNCC2)n1. The molecule has 0 bridgehead atoms. The standard InChI is InChI=1S/C12H22N4/c1-10(2)12-14-9-16(15-12)8-5-11-3-6-13-7-4-11/h9-11,13H,3-8H2,1-2H3. The molecule has 2 heterocycles. The van der Waals surface area contributed by atoms with Gasteiger partial charge in [-0.1, -0.05) is 13.8 Å². The smallest absolute Gasteiger partial charge is 0.153 e. The number of rotatable bonds is 4. The Kier molecular flexibility index (Phi) is 3.93. The van der Waals surface area contributed by atoms with E-state index in [0.29, 0.717) is 5.92 Å². The van der Waals surface area contributed by atoms with Gasteiger partial charge in [0, 0.05) is 12.5 Å². The van der Waals surface area contributed by atoms with Crippen molar-refractivity contribution in [3.63, 3.8) is 0 Å². The lowest BCUT2D eigenvalue weighted by atomic mass is 9.95. The Bertz CT molecular complexity index is 313. The van der Waals surface area contributed by atoms with Gasteiger partial charge in [0.15, 0.2) is 5.82 Å². The highest BCUT2D eigenvalue weighted by Gasteiger charge is 2.13. The van der Waals surface area contributed by atoms with Crippen LogP contribution in [0, 0.1) is 5.92 Å². The second-order valence-corrected chi connectivity index (χ2v) is 5.00. The molecule has 0 amide bonds. The highest BCUT2D eigenvalue weighted by atomic mass is 15.3. The summed E-state index contributed by atoms with van der Waals surface area (Å²) in [4.78, 5) is 4.32. The van der Waals surface area contributed by atoms with Crippen molar-refractivity contribution in [1.29, 1.82) is 0 Å². The zero-order valence-electron chi connectivity index (χ0n) is 10.3. The van der Waals surface area contributed by atoms with Crippen LogP contribution in [0.1, 0.15) is 44.9 Å². The minimum absolute atomic E-state index is 0.431. The molecule has 0 unspecified atom stereocenters. The molecule has 1 aromatic rings. The average molecular weight is 222 g/mol. The van der Waals surface area contributed by atoms with Crippen LogP contribution in [0.15, 0.2) is 6.33 Å². The number of aromatic nitrogens is 3. The molecule has 16 heavy (non-hydrogen) atoms. The van der Waals surface area contributed by atoms with Gasteiger partial charge in [-0.05, 0) is 38.3 Å². The first kappa shape index (κ1) is 11.6. The van der Waals surface area contributed by atoms with Crippen molar-refractivity contribution in [1.82, 2.24) is 20.1 Å². The van der Waals surface area contributed by atoms with Gasteiger partial charge < -0.3 is 5.32 Å². The molecule has 1 aliphatic heterocycles. The summed E-state index contributed by atoms with van der Waals surface area (Å²) in [6.07, 6.45) is 5.73. The average Bonchev–Trinajstić information content (AvgIpc) is 2.76. The van der Waals surface area contributed by atoms with Crippen LogP contribution in [0.4, 0.5) is 0 Å². The van der Waals surface area contributed by atoms with Gasteiger partial charge in [0.1, 0.15) is 6.33 Å². The van der Waals surface area contributed by atoms with E-state index >= 15 is 0 Å². The van der Waals surface area contributed by atoms with Crippen LogP contribution < -0.4 is 5.32 Å². The van der Waals surface area contributed by atoms with E-state index in [1.165, 1.54) is 32.4 Å². The molecule has 0 aliphatic carbocycles. The summed E-state index contributed by atoms with van der Waals surface area (Å²) in [7, 11) is 0. The highest BCUT2D eigenvalue weighted by Crippen LogP contribution is 2.16. The zero-order chi connectivity index (χ0) is 11.4. The fourth-order valence-corrected chi connectivity index (χ4v) is 2.17. The first-order valence-electron chi connectivity index (χ1n) is 6.36. The summed E-state index contributed by atoms with van der Waals surface area (Å²) >= 11 is 0. The Morgan fingerprint density at radius 3 is 2.81 bits per heavy atom. The van der Waals surface area contributed by atoms with Gasteiger partial charge in [-0.25, -0.2) is 4.98 Å². The lowest BCUT2D eigenvalue weighted by Gasteiger charge is -2.22. The molecule has 0 radical (unpaired) electrons. The topological polar surface area (TPSA) is 42.7 Å². The van der Waals surface area contributed by atoms with E-state index in [0.717, 1.165) is 18.3 Å². The first-order valence-corrected chi connectivity index (χ1v) is 6.36. The van der Waals surface area contributed by atoms with Gasteiger partial charge in [0.2, 0.25) is 0 Å². The first-order chi connectivity index (χ1) is 7.75. The van der Waals surface area contributed by atoms with Gasteiger partial charge in [0.05, 0.1) is 0 Å². The van der Waals surface area contributed by atoms with Crippen LogP contribution in [0.3, 0.4) is 0 Å². The van der Waals surface area contributed by atoms with Gasteiger partial charge in [-0.3, -0.25) is 4.68 Å². The fourth-order valence-electron chi connectivity index (χ4n) is 2.17. The molecule has 1 aliphatic rings. The Hall–Kier alpha value is -0.900. The van der Waals surface area contributed by atoms with E-state index < -0.39 is 0 Å². The number of nitrogens with zero attached hydrogens (tertiary/aromatic N) is 3. The third kappa shape index (κ3) is 3.04. The third-order valence-corrected chi connectivity index (χ3v) is 3.30. The van der Waals surface area contributed by atoms with E-state index in [1.54, 1.807) is 0 Å². The minimum atomic E-state index is 0.431. The molecule has 4 heteroatoms. The second-order valence-electron chi connectivity index (χ2n) is 5.00. The van der Waals surface area contributed by atoms with Crippen LogP contribution in [-0.2, 0) is 6.54 Å². The van der Waals surface area contributed by atoms with E-state index in [4.69, 9.17) is 0 Å². The summed E-state index contributed by atoms with van der Waals surface area (Å²) in [6.45, 7) is 7.64. The molecule has 0 atom stereocenters. The van der Waals surface area contributed by atoms with Gasteiger partial charge in [-0.15, -0.1) is 0 Å². The Morgan fingerprint density at radius 1 is 1.44 bits per heavy atom. The molecule has 90 valence electrons. The number of aryl methyl sites for hydroxylation is 1. The number of nitrogens with one attached hydrogen (secondary N) is 1. The van der Waals surface area contributed by atoms with Crippen molar-refractivity contribution in [2.24, 2.45) is 5.92 Å². The molecule has 0 aromatic carbocycles. The molecule has 1 N–H and O–H groups in total. The summed E-state index contributed by atoms with van der Waals surface area (Å²) in [6, 6.07) is 0. The maximum atomic E-state index is 4.48. The van der Waals surface area contributed by atoms with Crippen LogP contribution in [0.5, 0.6) is 0 Å². The van der Waals surface area contributed by atoms with E-state index in [2.05, 4.69) is 29.2 Å². The lowest BCUT2D eigenvalue weighted by Crippen LogP contribution is -2.28. The maximum absolute atomic E-state index is 4.48. The van der Waals surface area contributed by atoms with Gasteiger partial charge in [-0.2, -0.15) is 5.10 Å². The predicted molar refractivity (Wildman–Crippen MR) is 64.3 cm³/mol. The normalized spacial score (nSPS) is 18.2. The third-order valence-electron chi connectivity index (χ3n) is 3.30. The maximum Gasteiger partial charge on any atom is 0.153 e. The molecule has 2 rings (SSSR count). The second kappa shape index (κ2) is 5.43. The van der Waals surface area contributed by atoms with Crippen molar-refractivity contribution < 1.29 is 0 Å². The van der Waals surface area contributed by atoms with E-state index in [9.17, 15) is 0 Å². The zero-order valence-corrected chi connectivity index (χ0v) is 10.3. The van der Waals surface area contributed by atoms with Gasteiger partial charge in [0.25, 0.3) is 0 Å². The lowest BCUT2D eigenvalue weighted by molar-refractivity contribution is 0.331. The summed E-state index contributed by atoms with van der Waals surface area (Å²) in [5, 5.41) is 7.88. The van der Waals surface area contributed by atoms with Crippen molar-refractivity contribution in [3.05, 3.63) is 12.2 Å². The van der Waals surface area contributed by atoms with Crippen LogP contribution in [-0.4, -0.2) is 27.9 Å². The largest absolute Gasteiger partial charge is 0.317 e. The van der Waals surface area contributed by atoms with Crippen molar-refractivity contribution in [2.75, 3.05) is 13.1 Å². The monoisotopic (exact) mass is 222 g/mol. The van der Waals surface area contributed by atoms with Crippen molar-refractivity contribution in [2.45, 2.75) is 45.6 Å². The van der Waals surface area contributed by atoms with Crippen LogP contribution >= 0.6 is 0 Å². The van der Waals surface area contributed by atoms with Gasteiger partial charge >= 0.3 is 0 Å². The quantitative estimate of drug-likeness (QED) is 0.844. The van der Waals surface area contributed by atoms with Crippen LogP contribution in [0.2, 0.25) is 0 Å². The van der Waals surface area contributed by atoms with Crippen molar-refractivity contribution >= 4 is 0 Å². The minimum Gasteiger partial charge on any atom is -0.317 e. The Balaban J connectivity index is 1.79. The molecule has 0 spiro atoms. The number of hydrogen-bond acceptors (Lipinski definition) is 3. The fraction of sp³-hybridized carbons (Fsp3) is 0.833. The number of piperidine rings is 1. The highest BCUT2D eigenvalue weighted by molar-refractivity contribution is 4.88. The van der Waals surface area contributed by atoms with E-state index in [-0.39, 0.29) is 0 Å². The predicted octanol–water partition coefficient (Wildman–Crippen LogP) is 1.79. The molecule has 1 aromatic heterocycles. The summed E-state index contributed by atoms with van der Waals surface area (Å²) < 4.78 is 2.00. The molecular weight excluding hydrogens is 200 g/mol. The molecular formula is C12H22N4. The molecule has 1 fully saturated rings. The summed E-state index contributed by atoms with van der Waals surface area (Å²) in [5.41, 5.74) is 0. The number of hydrogen-bond donors (Lipinski definition) is 1. The van der Waals surface area contributed by atoms with Crippen LogP contribution in [0.25, 0.3) is 0 Å². The van der Waals surface area contributed by atoms with E-state index in [1.807, 2.05) is 11.0 Å². The molecule has 0 saturated carbocycles. The Morgan fingerprint density at radius 2 is 2.19 bits per heavy atom. The van der Waals surface area contributed by atoms with Crippen molar-refractivity contribution in [3.8, 4) is 0 Å². The Labute approximate surface area is 97.5 Å².